The molecule has 0 aromatic carbocycles. The van der Waals surface area contributed by atoms with Gasteiger partial charge in [-0.05, 0) is 70.6 Å². The van der Waals surface area contributed by atoms with Crippen LogP contribution >= 0.6 is 0 Å². The maximum absolute atomic E-state index is 12.9. The summed E-state index contributed by atoms with van der Waals surface area (Å²) in [5.41, 5.74) is 0. The molecule has 0 amide bonds. The smallest absolute Gasteiger partial charge is 0.361 e. The Hall–Kier alpha value is -2.49. The van der Waals surface area contributed by atoms with Crippen LogP contribution in [-0.2, 0) is 33.3 Å². The maximum Gasteiger partial charge on any atom is 0.361 e. The number of nitrogens with zero attached hydrogens (tertiary/aromatic N) is 1. The second kappa shape index (κ2) is 49.9. The number of hydrogen-bond acceptors (Lipinski definition) is 7. The molecule has 2 unspecified atom stereocenters. The zero-order chi connectivity index (χ0) is 49.2. The Morgan fingerprint density at radius 1 is 0.448 bits per heavy atom. The minimum atomic E-state index is -1.51. The Labute approximate surface area is 413 Å². The highest BCUT2D eigenvalue weighted by molar-refractivity contribution is 5.71. The van der Waals surface area contributed by atoms with Crippen molar-refractivity contribution in [1.82, 2.24) is 0 Å². The van der Waals surface area contributed by atoms with Crippen LogP contribution in [0.15, 0.2) is 36.5 Å². The van der Waals surface area contributed by atoms with Gasteiger partial charge in [-0.3, -0.25) is 9.59 Å². The molecule has 0 aliphatic heterocycles. The minimum absolute atomic E-state index is 0.182. The zero-order valence-electron chi connectivity index (χ0n) is 44.6. The average Bonchev–Trinajstić information content (AvgIpc) is 3.29. The molecule has 0 heterocycles. The summed E-state index contributed by atoms with van der Waals surface area (Å²) in [4.78, 5) is 37.4. The molecule has 1 N–H and O–H groups in total. The van der Waals surface area contributed by atoms with Crippen molar-refractivity contribution in [3.63, 3.8) is 0 Å². The SMILES string of the molecule is CCCCCCC/C=C\C/C=C\CCCCCCCCCCCCCCCC(=O)OC(COC(=O)CCCCCCCCC/C=C\CCCCCCCC)COC(OCC[N+](C)(C)C)C(=O)O. The highest BCUT2D eigenvalue weighted by Gasteiger charge is 2.25. The van der Waals surface area contributed by atoms with Gasteiger partial charge in [0.2, 0.25) is 0 Å². The van der Waals surface area contributed by atoms with Crippen molar-refractivity contribution in [2.75, 3.05) is 47.5 Å². The third-order valence-corrected chi connectivity index (χ3v) is 12.4. The van der Waals surface area contributed by atoms with E-state index < -0.39 is 24.3 Å². The number of likely N-dealkylation sites (N-methyl/N-ethyl adjacent to an activating group) is 1. The van der Waals surface area contributed by atoms with Crippen LogP contribution in [0.1, 0.15) is 258 Å². The molecule has 0 fully saturated rings. The molecule has 0 aromatic rings. The van der Waals surface area contributed by atoms with Crippen molar-refractivity contribution in [2.24, 2.45) is 0 Å². The maximum atomic E-state index is 12.9. The van der Waals surface area contributed by atoms with Crippen molar-refractivity contribution in [1.29, 1.82) is 0 Å². The van der Waals surface area contributed by atoms with E-state index in [9.17, 15) is 19.5 Å². The van der Waals surface area contributed by atoms with Gasteiger partial charge in [0.15, 0.2) is 6.10 Å². The van der Waals surface area contributed by atoms with Crippen LogP contribution in [0.2, 0.25) is 0 Å². The van der Waals surface area contributed by atoms with Gasteiger partial charge in [-0.1, -0.05) is 211 Å². The van der Waals surface area contributed by atoms with Gasteiger partial charge in [0.25, 0.3) is 6.29 Å². The fourth-order valence-electron chi connectivity index (χ4n) is 7.98. The van der Waals surface area contributed by atoms with Gasteiger partial charge in [-0.2, -0.15) is 0 Å². The second-order valence-electron chi connectivity index (χ2n) is 20.2. The summed E-state index contributed by atoms with van der Waals surface area (Å²) in [6.45, 7) is 4.88. The van der Waals surface area contributed by atoms with Crippen LogP contribution in [0.25, 0.3) is 0 Å². The Morgan fingerprint density at radius 3 is 1.19 bits per heavy atom. The van der Waals surface area contributed by atoms with Gasteiger partial charge in [0, 0.05) is 12.8 Å². The summed E-state index contributed by atoms with van der Waals surface area (Å²) in [6, 6.07) is 0. The van der Waals surface area contributed by atoms with Crippen LogP contribution in [-0.4, -0.2) is 87.4 Å². The van der Waals surface area contributed by atoms with Gasteiger partial charge < -0.3 is 28.5 Å². The Bertz CT molecular complexity index is 1190. The fourth-order valence-corrected chi connectivity index (χ4v) is 7.98. The summed E-state index contributed by atoms with van der Waals surface area (Å²) in [7, 11) is 5.97. The molecule has 0 rings (SSSR count). The van der Waals surface area contributed by atoms with Crippen LogP contribution in [0.4, 0.5) is 0 Å². The van der Waals surface area contributed by atoms with Crippen molar-refractivity contribution in [2.45, 2.75) is 270 Å². The number of carbonyl (C=O) groups is 3. The predicted octanol–water partition coefficient (Wildman–Crippen LogP) is 16.1. The number of hydrogen-bond donors (Lipinski definition) is 1. The van der Waals surface area contributed by atoms with Crippen molar-refractivity contribution in [3.05, 3.63) is 36.5 Å². The van der Waals surface area contributed by atoms with E-state index in [2.05, 4.69) is 50.3 Å². The monoisotopic (exact) mass is 947 g/mol. The number of aliphatic carboxylic acids is 1. The standard InChI is InChI=1S/C58H107NO8/c1-6-8-10-12-14-16-18-20-22-24-25-26-27-28-29-30-31-33-35-37-39-41-43-45-47-49-56(61)67-54(53-66-58(57(62)63)64-51-50-59(3,4)5)52-65-55(60)48-46-44-42-40-38-36-34-32-23-21-19-17-15-13-11-9-7-2/h18,20-21,23-25,54,58H,6-17,19,22,26-53H2,1-5H3/p+1/b20-18-,23-21-,25-24-. The van der Waals surface area contributed by atoms with E-state index in [-0.39, 0.29) is 32.2 Å². The number of carboxylic acids is 1. The van der Waals surface area contributed by atoms with E-state index in [0.717, 1.165) is 44.9 Å². The molecule has 0 saturated carbocycles. The van der Waals surface area contributed by atoms with E-state index in [4.69, 9.17) is 18.9 Å². The number of quaternary nitrogens is 1. The average molecular weight is 948 g/mol. The molecule has 9 heteroatoms. The molecule has 67 heavy (non-hydrogen) atoms. The molecule has 0 aliphatic carbocycles. The molecular formula is C58H108NO8+. The number of carbonyl (C=O) groups excluding carboxylic acids is 2. The summed E-state index contributed by atoms with van der Waals surface area (Å²) in [6.07, 6.45) is 56.4. The second-order valence-corrected chi connectivity index (χ2v) is 20.2. The molecule has 0 spiro atoms. The van der Waals surface area contributed by atoms with E-state index in [0.29, 0.717) is 17.4 Å². The first kappa shape index (κ1) is 64.5. The largest absolute Gasteiger partial charge is 0.477 e. The number of ether oxygens (including phenoxy) is 4. The van der Waals surface area contributed by atoms with Gasteiger partial charge in [0.05, 0.1) is 34.4 Å². The molecule has 392 valence electrons. The van der Waals surface area contributed by atoms with Crippen LogP contribution < -0.4 is 0 Å². The topological polar surface area (TPSA) is 108 Å². The molecule has 0 aliphatic rings. The van der Waals surface area contributed by atoms with Crippen molar-refractivity contribution in [3.8, 4) is 0 Å². The number of rotatable bonds is 52. The molecular weight excluding hydrogens is 839 g/mol. The van der Waals surface area contributed by atoms with E-state index in [1.54, 1.807) is 0 Å². The Kier molecular flexibility index (Phi) is 48.1. The normalized spacial score (nSPS) is 13.0. The lowest BCUT2D eigenvalue weighted by atomic mass is 10.0. The predicted molar refractivity (Wildman–Crippen MR) is 281 cm³/mol. The summed E-state index contributed by atoms with van der Waals surface area (Å²) in [5.74, 6) is -2.00. The molecule has 9 nitrogen and oxygen atoms in total. The summed E-state index contributed by atoms with van der Waals surface area (Å²) >= 11 is 0. The third kappa shape index (κ3) is 51.2. The first-order valence-corrected chi connectivity index (χ1v) is 28.2. The van der Waals surface area contributed by atoms with Gasteiger partial charge in [0.1, 0.15) is 13.2 Å². The van der Waals surface area contributed by atoms with E-state index >= 15 is 0 Å². The minimum Gasteiger partial charge on any atom is -0.477 e. The summed E-state index contributed by atoms with van der Waals surface area (Å²) < 4.78 is 22.9. The number of carboxylic acid groups (broad SMARTS) is 1. The highest BCUT2D eigenvalue weighted by atomic mass is 16.7. The lowest BCUT2D eigenvalue weighted by molar-refractivity contribution is -0.870. The Morgan fingerprint density at radius 2 is 0.806 bits per heavy atom. The van der Waals surface area contributed by atoms with Crippen LogP contribution in [0, 0.1) is 0 Å². The Balaban J connectivity index is 4.24. The van der Waals surface area contributed by atoms with Gasteiger partial charge in [-0.15, -0.1) is 0 Å². The van der Waals surface area contributed by atoms with Crippen molar-refractivity contribution >= 4 is 17.9 Å². The van der Waals surface area contributed by atoms with E-state index in [1.807, 2.05) is 21.1 Å². The molecule has 0 saturated heterocycles. The van der Waals surface area contributed by atoms with Gasteiger partial charge in [-0.25, -0.2) is 4.79 Å². The number of unbranched alkanes of at least 4 members (excludes halogenated alkanes) is 31. The lowest BCUT2D eigenvalue weighted by Crippen LogP contribution is -2.40. The third-order valence-electron chi connectivity index (χ3n) is 12.4. The highest BCUT2D eigenvalue weighted by Crippen LogP contribution is 2.16. The van der Waals surface area contributed by atoms with Crippen molar-refractivity contribution < 1.29 is 42.9 Å². The molecule has 0 radical (unpaired) electrons. The van der Waals surface area contributed by atoms with E-state index in [1.165, 1.54) is 186 Å². The lowest BCUT2D eigenvalue weighted by Gasteiger charge is -2.25. The summed E-state index contributed by atoms with van der Waals surface area (Å²) in [5, 5.41) is 9.69. The van der Waals surface area contributed by atoms with Crippen LogP contribution in [0.3, 0.4) is 0 Å². The van der Waals surface area contributed by atoms with Gasteiger partial charge >= 0.3 is 17.9 Å². The number of allylic oxidation sites excluding steroid dienone is 6. The quantitative estimate of drug-likeness (QED) is 0.0211. The first-order chi connectivity index (χ1) is 32.6. The molecule has 0 aromatic heterocycles. The zero-order valence-corrected chi connectivity index (χ0v) is 44.6. The molecule has 2 atom stereocenters. The first-order valence-electron chi connectivity index (χ1n) is 28.2. The van der Waals surface area contributed by atoms with Crippen LogP contribution in [0.5, 0.6) is 0 Å². The molecule has 0 bridgehead atoms. The number of esters is 2. The fraction of sp³-hybridized carbons (Fsp3) is 0.845.